The first-order chi connectivity index (χ1) is 18.0. The predicted molar refractivity (Wildman–Crippen MR) is 150 cm³/mol. The first-order valence-corrected chi connectivity index (χ1v) is 13.8. The molecule has 1 saturated carbocycles. The standard InChI is InChI=1S/C31H35BrN2O3/c1-23-10-8-17-28(18-23)37-22-30(35)34(21-25-13-9-14-26(32)19-25)29(20-24-11-4-2-5-12-24)31(36)33-27-15-6-3-7-16-27/h2,4-5,8-14,17-19,27,29H,3,6-7,15-16,20-22H2,1H3,(H,33,36)/t29-/m0/s1. The van der Waals surface area contributed by atoms with E-state index in [1.807, 2.05) is 85.8 Å². The zero-order valence-corrected chi connectivity index (χ0v) is 23.0. The number of amides is 2. The van der Waals surface area contributed by atoms with Crippen LogP contribution in [0.1, 0.15) is 48.8 Å². The van der Waals surface area contributed by atoms with E-state index in [0.29, 0.717) is 18.7 Å². The number of rotatable bonds is 10. The fourth-order valence-corrected chi connectivity index (χ4v) is 5.31. The zero-order valence-electron chi connectivity index (χ0n) is 21.4. The van der Waals surface area contributed by atoms with Gasteiger partial charge < -0.3 is 15.0 Å². The van der Waals surface area contributed by atoms with Crippen LogP contribution in [0.2, 0.25) is 0 Å². The van der Waals surface area contributed by atoms with Crippen LogP contribution in [0.5, 0.6) is 5.75 Å². The summed E-state index contributed by atoms with van der Waals surface area (Å²) in [7, 11) is 0. The van der Waals surface area contributed by atoms with E-state index in [-0.39, 0.29) is 24.5 Å². The van der Waals surface area contributed by atoms with E-state index in [1.54, 1.807) is 4.90 Å². The van der Waals surface area contributed by atoms with E-state index in [4.69, 9.17) is 4.74 Å². The highest BCUT2D eigenvalue weighted by Gasteiger charge is 2.32. The Morgan fingerprint density at radius 3 is 2.41 bits per heavy atom. The van der Waals surface area contributed by atoms with Crippen LogP contribution >= 0.6 is 15.9 Å². The van der Waals surface area contributed by atoms with Crippen molar-refractivity contribution in [2.24, 2.45) is 0 Å². The fraction of sp³-hybridized carbons (Fsp3) is 0.355. The summed E-state index contributed by atoms with van der Waals surface area (Å²) in [4.78, 5) is 29.2. The third-order valence-corrected chi connectivity index (χ3v) is 7.31. The van der Waals surface area contributed by atoms with Crippen LogP contribution < -0.4 is 10.1 Å². The molecule has 0 radical (unpaired) electrons. The van der Waals surface area contributed by atoms with E-state index in [1.165, 1.54) is 6.42 Å². The quantitative estimate of drug-likeness (QED) is 0.319. The molecule has 5 nitrogen and oxygen atoms in total. The highest BCUT2D eigenvalue weighted by atomic mass is 79.9. The van der Waals surface area contributed by atoms with Crippen molar-refractivity contribution in [1.82, 2.24) is 10.2 Å². The number of hydrogen-bond donors (Lipinski definition) is 1. The molecule has 1 atom stereocenters. The van der Waals surface area contributed by atoms with Crippen LogP contribution in [0.4, 0.5) is 0 Å². The van der Waals surface area contributed by atoms with Gasteiger partial charge in [-0.25, -0.2) is 0 Å². The number of aryl methyl sites for hydroxylation is 1. The molecule has 0 unspecified atom stereocenters. The maximum absolute atomic E-state index is 13.8. The molecular weight excluding hydrogens is 528 g/mol. The van der Waals surface area contributed by atoms with Gasteiger partial charge in [-0.2, -0.15) is 0 Å². The largest absolute Gasteiger partial charge is 0.484 e. The Balaban J connectivity index is 1.61. The lowest BCUT2D eigenvalue weighted by atomic mass is 9.94. The molecule has 0 bridgehead atoms. The topological polar surface area (TPSA) is 58.6 Å². The minimum atomic E-state index is -0.656. The zero-order chi connectivity index (χ0) is 26.0. The average Bonchev–Trinajstić information content (AvgIpc) is 2.90. The first kappa shape index (κ1) is 26.9. The molecule has 194 valence electrons. The van der Waals surface area contributed by atoms with Gasteiger partial charge in [-0.1, -0.05) is 89.8 Å². The lowest BCUT2D eigenvalue weighted by molar-refractivity contribution is -0.143. The number of ether oxygens (including phenoxy) is 1. The minimum Gasteiger partial charge on any atom is -0.484 e. The van der Waals surface area contributed by atoms with Gasteiger partial charge in [0.15, 0.2) is 6.61 Å². The molecule has 1 aliphatic rings. The number of benzene rings is 3. The van der Waals surface area contributed by atoms with Gasteiger partial charge in [0, 0.05) is 23.5 Å². The average molecular weight is 564 g/mol. The highest BCUT2D eigenvalue weighted by molar-refractivity contribution is 9.10. The van der Waals surface area contributed by atoms with Crippen LogP contribution in [0, 0.1) is 6.92 Å². The Morgan fingerprint density at radius 2 is 1.68 bits per heavy atom. The molecule has 1 aliphatic carbocycles. The highest BCUT2D eigenvalue weighted by Crippen LogP contribution is 2.21. The summed E-state index contributed by atoms with van der Waals surface area (Å²) < 4.78 is 6.82. The molecule has 0 aromatic heterocycles. The van der Waals surface area contributed by atoms with Crippen molar-refractivity contribution in [2.75, 3.05) is 6.61 Å². The van der Waals surface area contributed by atoms with E-state index < -0.39 is 6.04 Å². The van der Waals surface area contributed by atoms with Crippen LogP contribution in [-0.4, -0.2) is 35.4 Å². The van der Waals surface area contributed by atoms with Gasteiger partial charge in [0.05, 0.1) is 0 Å². The Hall–Kier alpha value is -3.12. The normalized spacial score (nSPS) is 14.5. The molecule has 6 heteroatoms. The van der Waals surface area contributed by atoms with Crippen LogP contribution in [0.3, 0.4) is 0 Å². The van der Waals surface area contributed by atoms with E-state index in [2.05, 4.69) is 21.2 Å². The van der Waals surface area contributed by atoms with Gasteiger partial charge in [0.1, 0.15) is 11.8 Å². The Labute approximate surface area is 228 Å². The Morgan fingerprint density at radius 1 is 0.946 bits per heavy atom. The maximum Gasteiger partial charge on any atom is 0.261 e. The first-order valence-electron chi connectivity index (χ1n) is 13.1. The van der Waals surface area contributed by atoms with Crippen LogP contribution in [0.15, 0.2) is 83.3 Å². The molecule has 2 amide bonds. The third-order valence-electron chi connectivity index (χ3n) is 6.82. The van der Waals surface area contributed by atoms with Gasteiger partial charge in [-0.15, -0.1) is 0 Å². The molecule has 0 spiro atoms. The van der Waals surface area contributed by atoms with Gasteiger partial charge >= 0.3 is 0 Å². The number of hydrogen-bond acceptors (Lipinski definition) is 3. The third kappa shape index (κ3) is 8.19. The molecule has 4 rings (SSSR count). The molecule has 1 fully saturated rings. The minimum absolute atomic E-state index is 0.102. The lowest BCUT2D eigenvalue weighted by Gasteiger charge is -2.33. The smallest absolute Gasteiger partial charge is 0.261 e. The number of carbonyl (C=O) groups excluding carboxylic acids is 2. The maximum atomic E-state index is 13.8. The van der Waals surface area contributed by atoms with Crippen molar-refractivity contribution in [2.45, 2.75) is 64.1 Å². The van der Waals surface area contributed by atoms with Crippen molar-refractivity contribution < 1.29 is 14.3 Å². The van der Waals surface area contributed by atoms with Gasteiger partial charge in [0.25, 0.3) is 5.91 Å². The Kier molecular flexibility index (Phi) is 9.78. The summed E-state index contributed by atoms with van der Waals surface area (Å²) in [5, 5.41) is 3.27. The molecule has 0 heterocycles. The number of halogens is 1. The van der Waals surface area contributed by atoms with E-state index in [0.717, 1.165) is 46.8 Å². The lowest BCUT2D eigenvalue weighted by Crippen LogP contribution is -2.53. The molecular formula is C31H35BrN2O3. The van der Waals surface area contributed by atoms with E-state index in [9.17, 15) is 9.59 Å². The van der Waals surface area contributed by atoms with Crippen LogP contribution in [0.25, 0.3) is 0 Å². The summed E-state index contributed by atoms with van der Waals surface area (Å²) in [5.74, 6) is 0.317. The molecule has 37 heavy (non-hydrogen) atoms. The second-order valence-electron chi connectivity index (χ2n) is 9.81. The van der Waals surface area contributed by atoms with Crippen molar-refractivity contribution in [3.63, 3.8) is 0 Å². The molecule has 3 aromatic carbocycles. The fourth-order valence-electron chi connectivity index (χ4n) is 4.86. The SMILES string of the molecule is Cc1cccc(OCC(=O)N(Cc2cccc(Br)c2)[C@@H](Cc2ccccc2)C(=O)NC2CCCCC2)c1. The monoisotopic (exact) mass is 562 g/mol. The van der Waals surface area contributed by atoms with Gasteiger partial charge in [-0.3, -0.25) is 9.59 Å². The predicted octanol–water partition coefficient (Wildman–Crippen LogP) is 6.23. The molecule has 0 aliphatic heterocycles. The van der Waals surface area contributed by atoms with E-state index >= 15 is 0 Å². The summed E-state index contributed by atoms with van der Waals surface area (Å²) in [6.07, 6.45) is 5.87. The van der Waals surface area contributed by atoms with Gasteiger partial charge in [-0.05, 0) is 60.7 Å². The van der Waals surface area contributed by atoms with Crippen molar-refractivity contribution in [1.29, 1.82) is 0 Å². The van der Waals surface area contributed by atoms with Gasteiger partial charge in [0.2, 0.25) is 5.91 Å². The Bertz CT molecular complexity index is 1180. The molecule has 3 aromatic rings. The summed E-state index contributed by atoms with van der Waals surface area (Å²) in [6, 6.07) is 24.9. The second-order valence-corrected chi connectivity index (χ2v) is 10.7. The van der Waals surface area contributed by atoms with Crippen molar-refractivity contribution in [3.8, 4) is 5.75 Å². The molecule has 0 saturated heterocycles. The summed E-state index contributed by atoms with van der Waals surface area (Å²) in [5.41, 5.74) is 3.02. The van der Waals surface area contributed by atoms with Crippen molar-refractivity contribution >= 4 is 27.7 Å². The molecule has 1 N–H and O–H groups in total. The summed E-state index contributed by atoms with van der Waals surface area (Å²) >= 11 is 3.54. The second kappa shape index (κ2) is 13.4. The van der Waals surface area contributed by atoms with Crippen molar-refractivity contribution in [3.05, 3.63) is 100 Å². The van der Waals surface area contributed by atoms with Crippen LogP contribution in [-0.2, 0) is 22.6 Å². The summed E-state index contributed by atoms with van der Waals surface area (Å²) in [6.45, 7) is 2.16. The number of nitrogens with zero attached hydrogens (tertiary/aromatic N) is 1. The number of nitrogens with one attached hydrogen (secondary N) is 1. The number of carbonyl (C=O) groups is 2.